The van der Waals surface area contributed by atoms with E-state index in [4.69, 9.17) is 4.74 Å². The molecule has 2 amide bonds. The van der Waals surface area contributed by atoms with Crippen LogP contribution in [0.25, 0.3) is 0 Å². The third kappa shape index (κ3) is 4.34. The summed E-state index contributed by atoms with van der Waals surface area (Å²) in [4.78, 5) is 13.6. The van der Waals surface area contributed by atoms with E-state index in [1.807, 2.05) is 25.8 Å². The van der Waals surface area contributed by atoms with Gasteiger partial charge in [-0.3, -0.25) is 0 Å². The van der Waals surface area contributed by atoms with Crippen molar-refractivity contribution in [1.82, 2.24) is 5.32 Å². The quantitative estimate of drug-likeness (QED) is 0.879. The number of rotatable bonds is 5. The molecule has 6 heteroatoms. The van der Waals surface area contributed by atoms with Crippen molar-refractivity contribution >= 4 is 17.4 Å². The Balaban J connectivity index is 1.89. The highest BCUT2D eigenvalue weighted by atomic mass is 19.1. The first-order valence-corrected chi connectivity index (χ1v) is 7.66. The van der Waals surface area contributed by atoms with E-state index in [1.165, 1.54) is 6.07 Å². The first-order chi connectivity index (χ1) is 10.5. The predicted octanol–water partition coefficient (Wildman–Crippen LogP) is 2.97. The van der Waals surface area contributed by atoms with E-state index in [9.17, 15) is 9.18 Å². The summed E-state index contributed by atoms with van der Waals surface area (Å²) in [5, 5.41) is 5.38. The normalized spacial score (nSPS) is 17.6. The Kier molecular flexibility index (Phi) is 5.60. The van der Waals surface area contributed by atoms with Crippen LogP contribution in [0.15, 0.2) is 18.2 Å². The van der Waals surface area contributed by atoms with E-state index in [0.29, 0.717) is 17.9 Å². The molecule has 2 rings (SSSR count). The van der Waals surface area contributed by atoms with E-state index >= 15 is 0 Å². The Bertz CT molecular complexity index is 516. The van der Waals surface area contributed by atoms with E-state index in [2.05, 4.69) is 10.6 Å². The molecule has 0 spiro atoms. The van der Waals surface area contributed by atoms with E-state index in [-0.39, 0.29) is 24.0 Å². The van der Waals surface area contributed by atoms with Gasteiger partial charge in [-0.25, -0.2) is 9.18 Å². The van der Waals surface area contributed by atoms with Gasteiger partial charge in [0.05, 0.1) is 11.8 Å². The van der Waals surface area contributed by atoms with Crippen LogP contribution in [0.3, 0.4) is 0 Å². The average molecular weight is 309 g/mol. The van der Waals surface area contributed by atoms with Gasteiger partial charge in [0.25, 0.3) is 0 Å². The molecule has 1 atom stereocenters. The number of benzene rings is 1. The van der Waals surface area contributed by atoms with Crippen LogP contribution in [0.1, 0.15) is 26.7 Å². The summed E-state index contributed by atoms with van der Waals surface area (Å²) in [6.07, 6.45) is 2.08. The fourth-order valence-corrected chi connectivity index (χ4v) is 2.34. The second kappa shape index (κ2) is 7.45. The minimum Gasteiger partial charge on any atom is -0.376 e. The summed E-state index contributed by atoms with van der Waals surface area (Å²) in [6.45, 7) is 5.21. The highest BCUT2D eigenvalue weighted by molar-refractivity contribution is 5.89. The molecule has 1 aromatic rings. The number of hydrogen-bond donors (Lipinski definition) is 2. The van der Waals surface area contributed by atoms with Gasteiger partial charge in [0.1, 0.15) is 5.82 Å². The SMILES string of the molecule is CC(C)N(C)c1ccc(NC(=O)NCC2CCCO2)cc1F. The van der Waals surface area contributed by atoms with Crippen LogP contribution in [-0.2, 0) is 4.74 Å². The summed E-state index contributed by atoms with van der Waals surface area (Å²) in [5.74, 6) is -0.354. The Hall–Kier alpha value is -1.82. The number of urea groups is 1. The van der Waals surface area contributed by atoms with Crippen molar-refractivity contribution in [3.05, 3.63) is 24.0 Å². The van der Waals surface area contributed by atoms with Crippen LogP contribution in [0.2, 0.25) is 0 Å². The lowest BCUT2D eigenvalue weighted by molar-refractivity contribution is 0.112. The lowest BCUT2D eigenvalue weighted by atomic mass is 10.2. The third-order valence-corrected chi connectivity index (χ3v) is 3.87. The molecular weight excluding hydrogens is 285 g/mol. The molecule has 1 unspecified atom stereocenters. The van der Waals surface area contributed by atoms with Gasteiger partial charge < -0.3 is 20.3 Å². The van der Waals surface area contributed by atoms with Gasteiger partial charge in [-0.1, -0.05) is 0 Å². The van der Waals surface area contributed by atoms with Gasteiger partial charge >= 0.3 is 6.03 Å². The third-order valence-electron chi connectivity index (χ3n) is 3.87. The molecule has 0 saturated carbocycles. The molecule has 0 aromatic heterocycles. The van der Waals surface area contributed by atoms with Crippen molar-refractivity contribution in [2.45, 2.75) is 38.8 Å². The number of nitrogens with zero attached hydrogens (tertiary/aromatic N) is 1. The molecule has 1 fully saturated rings. The second-order valence-electron chi connectivity index (χ2n) is 5.84. The minimum absolute atomic E-state index is 0.0875. The minimum atomic E-state index is -0.354. The van der Waals surface area contributed by atoms with Gasteiger partial charge in [-0.2, -0.15) is 0 Å². The molecule has 1 saturated heterocycles. The number of halogens is 1. The molecule has 1 aliphatic rings. The topological polar surface area (TPSA) is 53.6 Å². The number of ether oxygens (including phenoxy) is 1. The van der Waals surface area contributed by atoms with Crippen LogP contribution in [0.4, 0.5) is 20.6 Å². The maximum Gasteiger partial charge on any atom is 0.319 e. The molecule has 1 aliphatic heterocycles. The number of carbonyl (C=O) groups is 1. The Labute approximate surface area is 130 Å². The van der Waals surface area contributed by atoms with Crippen LogP contribution >= 0.6 is 0 Å². The van der Waals surface area contributed by atoms with Crippen LogP contribution < -0.4 is 15.5 Å². The highest BCUT2D eigenvalue weighted by Crippen LogP contribution is 2.23. The largest absolute Gasteiger partial charge is 0.376 e. The maximum absolute atomic E-state index is 14.1. The summed E-state index contributed by atoms with van der Waals surface area (Å²) >= 11 is 0. The molecule has 1 aromatic carbocycles. The monoisotopic (exact) mass is 309 g/mol. The number of anilines is 2. The summed E-state index contributed by atoms with van der Waals surface area (Å²) in [5.41, 5.74) is 0.948. The molecule has 22 heavy (non-hydrogen) atoms. The molecule has 5 nitrogen and oxygen atoms in total. The standard InChI is InChI=1S/C16H24FN3O2/c1-11(2)20(3)15-7-6-12(9-14(15)17)19-16(21)18-10-13-5-4-8-22-13/h6-7,9,11,13H,4-5,8,10H2,1-3H3,(H2,18,19,21). The summed E-state index contributed by atoms with van der Waals surface area (Å²) in [7, 11) is 1.84. The maximum atomic E-state index is 14.1. The Morgan fingerprint density at radius 1 is 1.50 bits per heavy atom. The predicted molar refractivity (Wildman–Crippen MR) is 85.9 cm³/mol. The fourth-order valence-electron chi connectivity index (χ4n) is 2.34. The van der Waals surface area contributed by atoms with Crippen molar-refractivity contribution in [2.24, 2.45) is 0 Å². The van der Waals surface area contributed by atoms with E-state index < -0.39 is 0 Å². The number of nitrogens with one attached hydrogen (secondary N) is 2. The Morgan fingerprint density at radius 2 is 2.27 bits per heavy atom. The van der Waals surface area contributed by atoms with Gasteiger partial charge in [0.2, 0.25) is 0 Å². The summed E-state index contributed by atoms with van der Waals surface area (Å²) in [6, 6.07) is 4.55. The van der Waals surface area contributed by atoms with Gasteiger partial charge in [0.15, 0.2) is 0 Å². The molecule has 2 N–H and O–H groups in total. The summed E-state index contributed by atoms with van der Waals surface area (Å²) < 4.78 is 19.5. The molecule has 0 aliphatic carbocycles. The number of amides is 2. The van der Waals surface area contributed by atoms with Gasteiger partial charge in [-0.05, 0) is 44.9 Å². The fraction of sp³-hybridized carbons (Fsp3) is 0.562. The first kappa shape index (κ1) is 16.5. The smallest absolute Gasteiger partial charge is 0.319 e. The molecule has 0 radical (unpaired) electrons. The average Bonchev–Trinajstić information content (AvgIpc) is 2.98. The van der Waals surface area contributed by atoms with Crippen LogP contribution in [0, 0.1) is 5.82 Å². The lowest BCUT2D eigenvalue weighted by Crippen LogP contribution is -2.35. The zero-order valence-electron chi connectivity index (χ0n) is 13.4. The first-order valence-electron chi connectivity index (χ1n) is 7.66. The van der Waals surface area contributed by atoms with E-state index in [0.717, 1.165) is 19.4 Å². The number of hydrogen-bond acceptors (Lipinski definition) is 3. The van der Waals surface area contributed by atoms with Crippen molar-refractivity contribution in [3.8, 4) is 0 Å². The van der Waals surface area contributed by atoms with Crippen LogP contribution in [0.5, 0.6) is 0 Å². The zero-order chi connectivity index (χ0) is 16.1. The number of carbonyl (C=O) groups excluding carboxylic acids is 1. The van der Waals surface area contributed by atoms with E-state index in [1.54, 1.807) is 12.1 Å². The highest BCUT2D eigenvalue weighted by Gasteiger charge is 2.16. The van der Waals surface area contributed by atoms with Gasteiger partial charge in [0, 0.05) is 31.9 Å². The Morgan fingerprint density at radius 3 is 2.86 bits per heavy atom. The second-order valence-corrected chi connectivity index (χ2v) is 5.84. The molecule has 1 heterocycles. The zero-order valence-corrected chi connectivity index (χ0v) is 13.4. The molecular formula is C16H24FN3O2. The lowest BCUT2D eigenvalue weighted by Gasteiger charge is -2.24. The van der Waals surface area contributed by atoms with Crippen LogP contribution in [-0.4, -0.2) is 38.4 Å². The van der Waals surface area contributed by atoms with Crippen molar-refractivity contribution < 1.29 is 13.9 Å². The van der Waals surface area contributed by atoms with Gasteiger partial charge in [-0.15, -0.1) is 0 Å². The van der Waals surface area contributed by atoms with Crippen molar-refractivity contribution in [2.75, 3.05) is 30.4 Å². The van der Waals surface area contributed by atoms with Crippen molar-refractivity contribution in [1.29, 1.82) is 0 Å². The molecule has 122 valence electrons. The van der Waals surface area contributed by atoms with Crippen molar-refractivity contribution in [3.63, 3.8) is 0 Å². The molecule has 0 bridgehead atoms.